The SMILES string of the molecule is O=S(=O)(c1cccc2ccccc12)N1CCC(NCc2ncc[nH]2)c2ccc(-c3ccccc3)cc2C1. The minimum absolute atomic E-state index is 0.00218. The molecule has 0 radical (unpaired) electrons. The second-order valence-electron chi connectivity index (χ2n) is 9.35. The average Bonchev–Trinajstić information content (AvgIpc) is 3.39. The molecular formula is C30H28N4O2S. The van der Waals surface area contributed by atoms with Gasteiger partial charge in [0.25, 0.3) is 0 Å². The third-order valence-corrected chi connectivity index (χ3v) is 8.98. The lowest BCUT2D eigenvalue weighted by atomic mass is 9.94. The van der Waals surface area contributed by atoms with Crippen LogP contribution in [0.1, 0.15) is 29.4 Å². The Bertz CT molecular complexity index is 1630. The molecule has 5 aromatic rings. The normalized spacial score (nSPS) is 16.4. The largest absolute Gasteiger partial charge is 0.348 e. The third-order valence-electron chi connectivity index (χ3n) is 7.08. The first-order valence-electron chi connectivity index (χ1n) is 12.5. The molecule has 0 bridgehead atoms. The number of benzene rings is 4. The van der Waals surface area contributed by atoms with Gasteiger partial charge in [0.05, 0.1) is 11.4 Å². The van der Waals surface area contributed by atoms with Gasteiger partial charge in [0.1, 0.15) is 5.82 Å². The van der Waals surface area contributed by atoms with Crippen molar-refractivity contribution in [1.82, 2.24) is 19.6 Å². The maximum absolute atomic E-state index is 14.1. The zero-order chi connectivity index (χ0) is 25.2. The summed E-state index contributed by atoms with van der Waals surface area (Å²) in [5, 5.41) is 5.28. The van der Waals surface area contributed by atoms with Crippen molar-refractivity contribution in [2.24, 2.45) is 0 Å². The van der Waals surface area contributed by atoms with E-state index in [0.717, 1.165) is 38.9 Å². The zero-order valence-corrected chi connectivity index (χ0v) is 21.2. The summed E-state index contributed by atoms with van der Waals surface area (Å²) in [7, 11) is -3.73. The monoisotopic (exact) mass is 508 g/mol. The van der Waals surface area contributed by atoms with Gasteiger partial charge in [-0.25, -0.2) is 13.4 Å². The number of fused-ring (bicyclic) bond motifs is 2. The zero-order valence-electron chi connectivity index (χ0n) is 20.3. The van der Waals surface area contributed by atoms with E-state index < -0.39 is 10.0 Å². The topological polar surface area (TPSA) is 78.1 Å². The van der Waals surface area contributed by atoms with Crippen molar-refractivity contribution >= 4 is 20.8 Å². The van der Waals surface area contributed by atoms with E-state index in [-0.39, 0.29) is 6.04 Å². The first-order chi connectivity index (χ1) is 18.1. The predicted molar refractivity (Wildman–Crippen MR) is 146 cm³/mol. The minimum atomic E-state index is -3.73. The number of aromatic amines is 1. The smallest absolute Gasteiger partial charge is 0.243 e. The van der Waals surface area contributed by atoms with E-state index in [1.807, 2.05) is 60.8 Å². The van der Waals surface area contributed by atoms with E-state index in [0.29, 0.717) is 31.0 Å². The number of imidazole rings is 1. The van der Waals surface area contributed by atoms with Crippen molar-refractivity contribution in [2.45, 2.75) is 30.4 Å². The van der Waals surface area contributed by atoms with Gasteiger partial charge < -0.3 is 10.3 Å². The summed E-state index contributed by atoms with van der Waals surface area (Å²) >= 11 is 0. The van der Waals surface area contributed by atoms with E-state index in [9.17, 15) is 8.42 Å². The van der Waals surface area contributed by atoms with Crippen LogP contribution in [-0.4, -0.2) is 29.2 Å². The van der Waals surface area contributed by atoms with Crippen LogP contribution < -0.4 is 5.32 Å². The maximum atomic E-state index is 14.1. The Labute approximate surface area is 217 Å². The number of rotatable bonds is 6. The molecule has 1 atom stereocenters. The molecule has 186 valence electrons. The highest BCUT2D eigenvalue weighted by Crippen LogP contribution is 2.34. The molecule has 0 aliphatic carbocycles. The van der Waals surface area contributed by atoms with Crippen molar-refractivity contribution in [3.63, 3.8) is 0 Å². The number of H-pyrrole nitrogens is 1. The molecule has 0 fully saturated rings. The van der Waals surface area contributed by atoms with Gasteiger partial charge in [-0.1, -0.05) is 78.9 Å². The number of nitrogens with one attached hydrogen (secondary N) is 2. The van der Waals surface area contributed by atoms with Crippen LogP contribution in [0.4, 0.5) is 0 Å². The Morgan fingerprint density at radius 3 is 2.57 bits per heavy atom. The fraction of sp³-hybridized carbons (Fsp3) is 0.167. The number of nitrogens with zero attached hydrogens (tertiary/aromatic N) is 2. The van der Waals surface area contributed by atoms with E-state index in [1.165, 1.54) is 0 Å². The van der Waals surface area contributed by atoms with Gasteiger partial charge in [0, 0.05) is 36.9 Å². The lowest BCUT2D eigenvalue weighted by Gasteiger charge is -2.22. The number of hydrogen-bond acceptors (Lipinski definition) is 4. The van der Waals surface area contributed by atoms with Gasteiger partial charge in [-0.15, -0.1) is 0 Å². The number of aromatic nitrogens is 2. The molecule has 2 heterocycles. The molecule has 0 saturated heterocycles. The first kappa shape index (κ1) is 23.6. The second-order valence-corrected chi connectivity index (χ2v) is 11.3. The van der Waals surface area contributed by atoms with Gasteiger partial charge in [-0.05, 0) is 46.2 Å². The standard InChI is InChI=1S/C30H28N4O2S/c35-37(36,29-12-6-10-23-9-4-5-11-27(23)29)34-18-15-28(33-20-30-31-16-17-32-30)26-14-13-24(19-25(26)21-34)22-7-2-1-3-8-22/h1-14,16-17,19,28,33H,15,18,20-21H2,(H,31,32). The van der Waals surface area contributed by atoms with Crippen LogP contribution in [0.25, 0.3) is 21.9 Å². The molecule has 1 aliphatic heterocycles. The van der Waals surface area contributed by atoms with Crippen molar-refractivity contribution in [1.29, 1.82) is 0 Å². The van der Waals surface area contributed by atoms with Crippen molar-refractivity contribution in [2.75, 3.05) is 6.54 Å². The third kappa shape index (κ3) is 4.69. The molecule has 0 saturated carbocycles. The van der Waals surface area contributed by atoms with Crippen molar-refractivity contribution in [3.05, 3.63) is 120 Å². The molecule has 1 aromatic heterocycles. The van der Waals surface area contributed by atoms with Gasteiger partial charge in [-0.3, -0.25) is 0 Å². The Kier molecular flexibility index (Phi) is 6.34. The van der Waals surface area contributed by atoms with Crippen LogP contribution in [0.2, 0.25) is 0 Å². The Morgan fingerprint density at radius 1 is 0.919 bits per heavy atom. The summed E-state index contributed by atoms with van der Waals surface area (Å²) in [4.78, 5) is 7.83. The van der Waals surface area contributed by atoms with Crippen LogP contribution in [-0.2, 0) is 23.1 Å². The number of sulfonamides is 1. The van der Waals surface area contributed by atoms with Gasteiger partial charge in [-0.2, -0.15) is 4.31 Å². The molecule has 4 aromatic carbocycles. The molecule has 37 heavy (non-hydrogen) atoms. The molecule has 1 aliphatic rings. The van der Waals surface area contributed by atoms with Gasteiger partial charge >= 0.3 is 0 Å². The summed E-state index contributed by atoms with van der Waals surface area (Å²) in [5.41, 5.74) is 4.33. The van der Waals surface area contributed by atoms with Gasteiger partial charge in [0.2, 0.25) is 10.0 Å². The summed E-state index contributed by atoms with van der Waals surface area (Å²) in [6.07, 6.45) is 4.20. The van der Waals surface area contributed by atoms with Crippen LogP contribution >= 0.6 is 0 Å². The molecule has 1 unspecified atom stereocenters. The number of hydrogen-bond donors (Lipinski definition) is 2. The minimum Gasteiger partial charge on any atom is -0.348 e. The summed E-state index contributed by atoms with van der Waals surface area (Å²) in [6, 6.07) is 29.8. The van der Waals surface area contributed by atoms with Crippen LogP contribution in [0.3, 0.4) is 0 Å². The highest BCUT2D eigenvalue weighted by Gasteiger charge is 2.31. The molecular weight excluding hydrogens is 480 g/mol. The van der Waals surface area contributed by atoms with Crippen molar-refractivity contribution < 1.29 is 8.42 Å². The molecule has 2 N–H and O–H groups in total. The van der Waals surface area contributed by atoms with E-state index in [4.69, 9.17) is 0 Å². The molecule has 6 nitrogen and oxygen atoms in total. The van der Waals surface area contributed by atoms with Crippen molar-refractivity contribution in [3.8, 4) is 11.1 Å². The fourth-order valence-corrected chi connectivity index (χ4v) is 6.83. The highest BCUT2D eigenvalue weighted by atomic mass is 32.2. The average molecular weight is 509 g/mol. The van der Waals surface area contributed by atoms with Crippen LogP contribution in [0, 0.1) is 0 Å². The molecule has 6 rings (SSSR count). The van der Waals surface area contributed by atoms with E-state index >= 15 is 0 Å². The Hall–Kier alpha value is -3.78. The molecule has 0 spiro atoms. The van der Waals surface area contributed by atoms with Crippen LogP contribution in [0.5, 0.6) is 0 Å². The first-order valence-corrected chi connectivity index (χ1v) is 13.9. The summed E-state index contributed by atoms with van der Waals surface area (Å²) in [6.45, 7) is 1.31. The van der Waals surface area contributed by atoms with E-state index in [1.54, 1.807) is 16.6 Å². The summed E-state index contributed by atoms with van der Waals surface area (Å²) < 4.78 is 29.8. The van der Waals surface area contributed by atoms with E-state index in [2.05, 4.69) is 45.6 Å². The molecule has 0 amide bonds. The predicted octanol–water partition coefficient (Wildman–Crippen LogP) is 5.66. The maximum Gasteiger partial charge on any atom is 0.243 e. The lowest BCUT2D eigenvalue weighted by Crippen LogP contribution is -2.31. The fourth-order valence-electron chi connectivity index (χ4n) is 5.18. The summed E-state index contributed by atoms with van der Waals surface area (Å²) in [5.74, 6) is 0.854. The van der Waals surface area contributed by atoms with Gasteiger partial charge in [0.15, 0.2) is 0 Å². The second kappa shape index (κ2) is 9.94. The van der Waals surface area contributed by atoms with Crippen LogP contribution in [0.15, 0.2) is 108 Å². The quantitative estimate of drug-likeness (QED) is 0.310. The Morgan fingerprint density at radius 2 is 1.73 bits per heavy atom. The lowest BCUT2D eigenvalue weighted by molar-refractivity contribution is 0.386. The molecule has 7 heteroatoms. The Balaban J connectivity index is 1.39. The highest BCUT2D eigenvalue weighted by molar-refractivity contribution is 7.89.